The van der Waals surface area contributed by atoms with E-state index in [1.54, 1.807) is 10.9 Å². The van der Waals surface area contributed by atoms with E-state index in [1.807, 2.05) is 51.4 Å². The monoisotopic (exact) mass is 385 g/mol. The second kappa shape index (κ2) is 7.83. The molecule has 0 aliphatic heterocycles. The molecule has 2 aromatic carbocycles. The summed E-state index contributed by atoms with van der Waals surface area (Å²) in [6.45, 7) is 1.99. The Kier molecular flexibility index (Phi) is 5.08. The van der Waals surface area contributed by atoms with Gasteiger partial charge in [-0.05, 0) is 54.8 Å². The fourth-order valence-electron chi connectivity index (χ4n) is 3.30. The summed E-state index contributed by atoms with van der Waals surface area (Å²) >= 11 is 0. The summed E-state index contributed by atoms with van der Waals surface area (Å²) in [4.78, 5) is 19.3. The van der Waals surface area contributed by atoms with Gasteiger partial charge in [0.2, 0.25) is 0 Å². The Bertz CT molecular complexity index is 1160. The molecule has 29 heavy (non-hydrogen) atoms. The van der Waals surface area contributed by atoms with Gasteiger partial charge in [0.15, 0.2) is 11.4 Å². The highest BCUT2D eigenvalue weighted by molar-refractivity contribution is 5.97. The van der Waals surface area contributed by atoms with Crippen molar-refractivity contribution in [1.29, 1.82) is 0 Å². The first kappa shape index (κ1) is 18.8. The van der Waals surface area contributed by atoms with Crippen LogP contribution in [0.3, 0.4) is 0 Å². The Morgan fingerprint density at radius 1 is 1.07 bits per heavy atom. The Balaban J connectivity index is 1.54. The Labute approximate surface area is 169 Å². The number of benzene rings is 2. The molecular formula is C23H23N5O. The van der Waals surface area contributed by atoms with E-state index < -0.39 is 0 Å². The normalized spacial score (nSPS) is 11.0. The lowest BCUT2D eigenvalue weighted by Crippen LogP contribution is -2.08. The van der Waals surface area contributed by atoms with Crippen LogP contribution in [-0.4, -0.2) is 39.9 Å². The molecule has 0 spiro atoms. The maximum atomic E-state index is 12.8. The molecule has 0 aliphatic rings. The summed E-state index contributed by atoms with van der Waals surface area (Å²) in [6, 6.07) is 17.7. The number of carbonyl (C=O) groups excluding carboxylic acids is 1. The first-order chi connectivity index (χ1) is 14.0. The maximum Gasteiger partial charge on any atom is 0.183 e. The summed E-state index contributed by atoms with van der Waals surface area (Å²) in [5.74, 6) is 0.111. The molecule has 4 rings (SSSR count). The average Bonchev–Trinajstić information content (AvgIpc) is 3.16. The number of ketones is 1. The molecule has 0 bridgehead atoms. The number of hydrogen-bond acceptors (Lipinski definition) is 5. The SMILES string of the molecule is Cc1ccc(C(=O)CCc2ccc(N(C)C)cc2)cc1-n1nnc2cccnc21. The molecule has 0 unspecified atom stereocenters. The van der Waals surface area contributed by atoms with Gasteiger partial charge in [-0.15, -0.1) is 5.10 Å². The second-order valence-corrected chi connectivity index (χ2v) is 7.33. The molecule has 0 aliphatic carbocycles. The van der Waals surface area contributed by atoms with Crippen LogP contribution in [-0.2, 0) is 6.42 Å². The Morgan fingerprint density at radius 3 is 2.62 bits per heavy atom. The van der Waals surface area contributed by atoms with E-state index in [2.05, 4.69) is 44.5 Å². The molecule has 0 saturated carbocycles. The third-order valence-corrected chi connectivity index (χ3v) is 5.06. The Morgan fingerprint density at radius 2 is 1.86 bits per heavy atom. The number of rotatable bonds is 6. The second-order valence-electron chi connectivity index (χ2n) is 7.33. The quantitative estimate of drug-likeness (QED) is 0.469. The third kappa shape index (κ3) is 3.87. The van der Waals surface area contributed by atoms with E-state index >= 15 is 0 Å². The smallest absolute Gasteiger partial charge is 0.183 e. The van der Waals surface area contributed by atoms with Gasteiger partial charge in [-0.1, -0.05) is 29.5 Å². The van der Waals surface area contributed by atoms with Crippen LogP contribution >= 0.6 is 0 Å². The van der Waals surface area contributed by atoms with Crippen LogP contribution in [0.25, 0.3) is 16.9 Å². The first-order valence-electron chi connectivity index (χ1n) is 9.60. The Hall–Kier alpha value is -3.54. The zero-order chi connectivity index (χ0) is 20.4. The van der Waals surface area contributed by atoms with Gasteiger partial charge in [0.25, 0.3) is 0 Å². The van der Waals surface area contributed by atoms with Crippen LogP contribution in [0, 0.1) is 6.92 Å². The van der Waals surface area contributed by atoms with Crippen molar-refractivity contribution in [1.82, 2.24) is 20.0 Å². The van der Waals surface area contributed by atoms with Crippen molar-refractivity contribution in [3.8, 4) is 5.69 Å². The van der Waals surface area contributed by atoms with Crippen LogP contribution in [0.4, 0.5) is 5.69 Å². The first-order valence-corrected chi connectivity index (χ1v) is 9.60. The fourth-order valence-corrected chi connectivity index (χ4v) is 3.30. The lowest BCUT2D eigenvalue weighted by molar-refractivity contribution is 0.0983. The van der Waals surface area contributed by atoms with Gasteiger partial charge in [-0.3, -0.25) is 4.79 Å². The molecule has 0 fully saturated rings. The van der Waals surface area contributed by atoms with Gasteiger partial charge >= 0.3 is 0 Å². The van der Waals surface area contributed by atoms with E-state index in [0.29, 0.717) is 24.1 Å². The van der Waals surface area contributed by atoms with Crippen LogP contribution in [0.5, 0.6) is 0 Å². The molecular weight excluding hydrogens is 362 g/mol. The lowest BCUT2D eigenvalue weighted by Gasteiger charge is -2.12. The van der Waals surface area contributed by atoms with E-state index in [1.165, 1.54) is 0 Å². The number of carbonyl (C=O) groups is 1. The van der Waals surface area contributed by atoms with Gasteiger partial charge in [0.05, 0.1) is 5.69 Å². The number of hydrogen-bond donors (Lipinski definition) is 0. The zero-order valence-electron chi connectivity index (χ0n) is 16.8. The summed E-state index contributed by atoms with van der Waals surface area (Å²) in [6.07, 6.45) is 2.89. The zero-order valence-corrected chi connectivity index (χ0v) is 16.8. The number of pyridine rings is 1. The molecule has 0 saturated heterocycles. The van der Waals surface area contributed by atoms with Gasteiger partial charge in [-0.25, -0.2) is 4.98 Å². The van der Waals surface area contributed by atoms with Crippen molar-refractivity contribution in [3.05, 3.63) is 77.5 Å². The standard InChI is InChI=1S/C23H23N5O/c1-16-6-10-18(15-21(16)28-23-20(25-26-28)5-4-14-24-23)22(29)13-9-17-7-11-19(12-8-17)27(2)3/h4-8,10-12,14-15H,9,13H2,1-3H3. The van der Waals surface area contributed by atoms with E-state index in [4.69, 9.17) is 0 Å². The number of aromatic nitrogens is 4. The maximum absolute atomic E-state index is 12.8. The van der Waals surface area contributed by atoms with Crippen molar-refractivity contribution in [2.45, 2.75) is 19.8 Å². The summed E-state index contributed by atoms with van der Waals surface area (Å²) in [5, 5.41) is 8.40. The number of fused-ring (bicyclic) bond motifs is 1. The van der Waals surface area contributed by atoms with Crippen molar-refractivity contribution in [2.24, 2.45) is 0 Å². The van der Waals surface area contributed by atoms with Gasteiger partial charge in [0, 0.05) is 38.0 Å². The number of Topliss-reactive ketones (excluding diaryl/α,β-unsaturated/α-hetero) is 1. The topological polar surface area (TPSA) is 63.9 Å². The number of aryl methyl sites for hydroxylation is 2. The highest BCUT2D eigenvalue weighted by Crippen LogP contribution is 2.21. The largest absolute Gasteiger partial charge is 0.378 e. The third-order valence-electron chi connectivity index (χ3n) is 5.06. The molecule has 0 N–H and O–H groups in total. The number of anilines is 1. The van der Waals surface area contributed by atoms with Crippen molar-refractivity contribution >= 4 is 22.6 Å². The fraction of sp³-hybridized carbons (Fsp3) is 0.217. The van der Waals surface area contributed by atoms with Crippen LogP contribution in [0.1, 0.15) is 27.9 Å². The van der Waals surface area contributed by atoms with Crippen LogP contribution < -0.4 is 4.90 Å². The molecule has 0 radical (unpaired) electrons. The van der Waals surface area contributed by atoms with Gasteiger partial charge in [-0.2, -0.15) is 4.68 Å². The molecule has 6 heteroatoms. The predicted octanol–water partition coefficient (Wildman–Crippen LogP) is 4.01. The van der Waals surface area contributed by atoms with Gasteiger partial charge in [0.1, 0.15) is 5.52 Å². The summed E-state index contributed by atoms with van der Waals surface area (Å²) in [7, 11) is 4.03. The average molecular weight is 385 g/mol. The predicted molar refractivity (Wildman–Crippen MR) is 115 cm³/mol. The van der Waals surface area contributed by atoms with Crippen molar-refractivity contribution in [2.75, 3.05) is 19.0 Å². The molecule has 2 aromatic heterocycles. The summed E-state index contributed by atoms with van der Waals surface area (Å²) < 4.78 is 1.70. The molecule has 4 aromatic rings. The minimum absolute atomic E-state index is 0.111. The molecule has 6 nitrogen and oxygen atoms in total. The highest BCUT2D eigenvalue weighted by Gasteiger charge is 2.13. The van der Waals surface area contributed by atoms with Crippen molar-refractivity contribution in [3.63, 3.8) is 0 Å². The number of nitrogens with zero attached hydrogens (tertiary/aromatic N) is 5. The molecule has 0 amide bonds. The minimum atomic E-state index is 0.111. The van der Waals surface area contributed by atoms with E-state index in [-0.39, 0.29) is 5.78 Å². The minimum Gasteiger partial charge on any atom is -0.378 e. The molecule has 146 valence electrons. The van der Waals surface area contributed by atoms with Crippen molar-refractivity contribution < 1.29 is 4.79 Å². The van der Waals surface area contributed by atoms with E-state index in [0.717, 1.165) is 28.0 Å². The van der Waals surface area contributed by atoms with Crippen LogP contribution in [0.15, 0.2) is 60.8 Å². The van der Waals surface area contributed by atoms with Crippen LogP contribution in [0.2, 0.25) is 0 Å². The highest BCUT2D eigenvalue weighted by atomic mass is 16.1. The molecule has 0 atom stereocenters. The van der Waals surface area contributed by atoms with E-state index in [9.17, 15) is 4.79 Å². The lowest BCUT2D eigenvalue weighted by atomic mass is 10.0. The summed E-state index contributed by atoms with van der Waals surface area (Å²) in [5.41, 5.74) is 6.23. The van der Waals surface area contributed by atoms with Gasteiger partial charge < -0.3 is 4.90 Å². The molecule has 2 heterocycles.